The maximum absolute atomic E-state index is 14.8. The Morgan fingerprint density at radius 1 is 1.06 bits per heavy atom. The normalized spacial score (nSPS) is 20.4. The molecule has 1 fully saturated rings. The molecular formula is C22H21B3ClF2N3O4. The van der Waals surface area contributed by atoms with E-state index in [1.807, 2.05) is 0 Å². The van der Waals surface area contributed by atoms with Crippen LogP contribution in [0, 0.1) is 0 Å². The highest BCUT2D eigenvalue weighted by molar-refractivity contribution is 6.40. The van der Waals surface area contributed by atoms with E-state index in [1.165, 1.54) is 17.0 Å². The molecule has 2 atom stereocenters. The third-order valence-corrected chi connectivity index (χ3v) is 6.78. The Balaban J connectivity index is 1.53. The topological polar surface area (TPSA) is 95.6 Å². The summed E-state index contributed by atoms with van der Waals surface area (Å²) in [7, 11) is 4.85. The fourth-order valence-corrected chi connectivity index (χ4v) is 4.48. The van der Waals surface area contributed by atoms with Crippen LogP contribution in [0.15, 0.2) is 42.5 Å². The molecule has 4 rings (SSSR count). The summed E-state index contributed by atoms with van der Waals surface area (Å²) in [6, 6.07) is 8.81. The molecule has 0 aliphatic carbocycles. The van der Waals surface area contributed by atoms with E-state index >= 15 is 0 Å². The molecule has 1 saturated heterocycles. The number of rotatable bonds is 5. The summed E-state index contributed by atoms with van der Waals surface area (Å²) in [5, 5.41) is 3.78. The summed E-state index contributed by atoms with van der Waals surface area (Å²) in [5.41, 5.74) is 1.03. The largest absolute Gasteiger partial charge is 0.357 e. The van der Waals surface area contributed by atoms with Crippen LogP contribution in [-0.2, 0) is 32.2 Å². The number of piperidine rings is 1. The molecule has 0 radical (unpaired) electrons. The average Bonchev–Trinajstić information content (AvgIpc) is 3.12. The second-order valence-corrected chi connectivity index (χ2v) is 9.91. The van der Waals surface area contributed by atoms with Crippen molar-refractivity contribution in [3.8, 4) is 0 Å². The zero-order valence-corrected chi connectivity index (χ0v) is 20.1. The maximum Gasteiger partial charge on any atom is 0.349 e. The van der Waals surface area contributed by atoms with Gasteiger partial charge in [-0.25, -0.2) is 0 Å². The second-order valence-electron chi connectivity index (χ2n) is 9.47. The van der Waals surface area contributed by atoms with Gasteiger partial charge in [-0.05, 0) is 35.7 Å². The van der Waals surface area contributed by atoms with Crippen LogP contribution in [0.25, 0.3) is 0 Å². The molecule has 0 bridgehead atoms. The van der Waals surface area contributed by atoms with Crippen LogP contribution >= 0.6 is 11.6 Å². The first kappa shape index (κ1) is 25.0. The lowest BCUT2D eigenvalue weighted by Gasteiger charge is -2.32. The molecule has 7 nitrogen and oxygen atoms in total. The number of hydrogen-bond donors (Lipinski definition) is 2. The van der Waals surface area contributed by atoms with E-state index in [0.717, 1.165) is 12.1 Å². The van der Waals surface area contributed by atoms with Crippen LogP contribution in [0.4, 0.5) is 8.78 Å². The van der Waals surface area contributed by atoms with Gasteiger partial charge in [0.2, 0.25) is 11.8 Å². The van der Waals surface area contributed by atoms with E-state index in [-0.39, 0.29) is 29.8 Å². The maximum atomic E-state index is 14.8. The van der Waals surface area contributed by atoms with Crippen molar-refractivity contribution >= 4 is 58.8 Å². The molecule has 0 spiro atoms. The van der Waals surface area contributed by atoms with Crippen LogP contribution in [0.1, 0.15) is 33.5 Å². The van der Waals surface area contributed by atoms with Crippen molar-refractivity contribution in [1.82, 2.24) is 15.5 Å². The van der Waals surface area contributed by atoms with E-state index in [1.54, 1.807) is 41.7 Å². The second kappa shape index (κ2) is 8.82. The highest BCUT2D eigenvalue weighted by atomic mass is 35.5. The number of halogens is 3. The van der Waals surface area contributed by atoms with Gasteiger partial charge >= 0.3 is 5.92 Å². The average molecular weight is 497 g/mol. The summed E-state index contributed by atoms with van der Waals surface area (Å²) in [5.74, 6) is -6.91. The summed E-state index contributed by atoms with van der Waals surface area (Å²) in [6.45, 7) is 0.131. The van der Waals surface area contributed by atoms with Crippen molar-refractivity contribution in [2.75, 3.05) is 0 Å². The molecule has 178 valence electrons. The summed E-state index contributed by atoms with van der Waals surface area (Å²) < 4.78 is 29.6. The Labute approximate surface area is 208 Å². The molecule has 0 aromatic heterocycles. The molecule has 2 aromatic rings. The lowest BCUT2D eigenvalue weighted by Crippen LogP contribution is -2.54. The van der Waals surface area contributed by atoms with Gasteiger partial charge < -0.3 is 10.2 Å². The number of imide groups is 1. The molecule has 35 heavy (non-hydrogen) atoms. The number of carbonyl (C=O) groups is 4. The van der Waals surface area contributed by atoms with Gasteiger partial charge in [0.25, 0.3) is 11.8 Å². The minimum Gasteiger partial charge on any atom is -0.357 e. The number of carbonyl (C=O) groups excluding carboxylic acids is 4. The first-order valence-electron chi connectivity index (χ1n) is 11.1. The Morgan fingerprint density at radius 2 is 1.69 bits per heavy atom. The predicted octanol–water partition coefficient (Wildman–Crippen LogP) is -0.583. The number of amides is 4. The van der Waals surface area contributed by atoms with Gasteiger partial charge in [0, 0.05) is 33.8 Å². The molecule has 2 unspecified atom stereocenters. The lowest BCUT2D eigenvalue weighted by atomic mass is 9.57. The Morgan fingerprint density at radius 3 is 2.34 bits per heavy atom. The number of hydrogen-bond acceptors (Lipinski definition) is 4. The van der Waals surface area contributed by atoms with Crippen LogP contribution in [0.5, 0.6) is 0 Å². The van der Waals surface area contributed by atoms with E-state index in [9.17, 15) is 28.0 Å². The number of benzene rings is 2. The predicted molar refractivity (Wildman–Crippen MR) is 132 cm³/mol. The highest BCUT2D eigenvalue weighted by Crippen LogP contribution is 2.33. The zero-order chi connectivity index (χ0) is 25.7. The number of nitrogens with zero attached hydrogens (tertiary/aromatic N) is 1. The highest BCUT2D eigenvalue weighted by Gasteiger charge is 2.44. The molecule has 0 saturated carbocycles. The molecule has 2 heterocycles. The third kappa shape index (κ3) is 4.59. The lowest BCUT2D eigenvalue weighted by molar-refractivity contribution is -0.147. The Bertz CT molecular complexity index is 1240. The summed E-state index contributed by atoms with van der Waals surface area (Å²) in [4.78, 5) is 51.0. The van der Waals surface area contributed by atoms with Gasteiger partial charge in [0.15, 0.2) is 0 Å². The summed E-state index contributed by atoms with van der Waals surface area (Å²) >= 11 is 5.76. The molecule has 13 heteroatoms. The minimum atomic E-state index is -3.78. The van der Waals surface area contributed by atoms with E-state index in [2.05, 4.69) is 10.6 Å². The smallest absolute Gasteiger partial charge is 0.349 e. The quantitative estimate of drug-likeness (QED) is 0.427. The number of fused-ring (bicyclic) bond motifs is 1. The Hall–Kier alpha value is -3.14. The van der Waals surface area contributed by atoms with Crippen molar-refractivity contribution in [1.29, 1.82) is 0 Å². The Kier molecular flexibility index (Phi) is 6.29. The first-order chi connectivity index (χ1) is 16.3. The van der Waals surface area contributed by atoms with E-state index in [0.29, 0.717) is 16.7 Å². The molecular weight excluding hydrogens is 476 g/mol. The van der Waals surface area contributed by atoms with Crippen LogP contribution < -0.4 is 10.6 Å². The third-order valence-electron chi connectivity index (χ3n) is 6.53. The SMILES string of the molecule is BC1CC(N2Cc3cc(C(B)(B)NC(=O)C(F)(F)c4ccc(Cl)cc4)ccc3C2=O)C(=O)NC1=O. The van der Waals surface area contributed by atoms with Gasteiger partial charge in [0.05, 0.1) is 0 Å². The van der Waals surface area contributed by atoms with E-state index < -0.39 is 40.5 Å². The van der Waals surface area contributed by atoms with Gasteiger partial charge in [-0.15, -0.1) is 0 Å². The molecule has 2 aliphatic rings. The van der Waals surface area contributed by atoms with Crippen molar-refractivity contribution in [3.63, 3.8) is 0 Å². The van der Waals surface area contributed by atoms with Crippen molar-refractivity contribution < 1.29 is 28.0 Å². The standard InChI is InChI=1S/C22H21B3ClF2N3O4/c23-15-8-16(18(33)29-17(15)32)31-9-10-7-12(3-6-14(10)19(31)34)22(24,25)30-20(35)21(27,28)11-1-4-13(26)5-2-11/h1-7,15-16H,8-9,23-25H2,(H,30,35)(H,29,32,33). The summed E-state index contributed by atoms with van der Waals surface area (Å²) in [6.07, 6.45) is 0.221. The van der Waals surface area contributed by atoms with Crippen molar-refractivity contribution in [2.45, 2.75) is 36.1 Å². The van der Waals surface area contributed by atoms with Gasteiger partial charge in [-0.2, -0.15) is 8.78 Å². The van der Waals surface area contributed by atoms with E-state index in [4.69, 9.17) is 11.6 Å². The van der Waals surface area contributed by atoms with Crippen molar-refractivity contribution in [2.24, 2.45) is 0 Å². The fourth-order valence-electron chi connectivity index (χ4n) is 4.35. The number of alkyl halides is 2. The van der Waals surface area contributed by atoms with Gasteiger partial charge in [0.1, 0.15) is 29.6 Å². The fraction of sp³-hybridized carbons (Fsp3) is 0.273. The molecule has 2 N–H and O–H groups in total. The van der Waals surface area contributed by atoms with Crippen LogP contribution in [0.2, 0.25) is 10.8 Å². The monoisotopic (exact) mass is 497 g/mol. The van der Waals surface area contributed by atoms with Gasteiger partial charge in [-0.3, -0.25) is 24.5 Å². The first-order valence-corrected chi connectivity index (χ1v) is 11.4. The number of nitrogens with one attached hydrogen (secondary N) is 2. The van der Waals surface area contributed by atoms with Crippen molar-refractivity contribution in [3.05, 3.63) is 69.7 Å². The minimum absolute atomic E-state index is 0.131. The van der Waals surface area contributed by atoms with Gasteiger partial charge in [-0.1, -0.05) is 35.9 Å². The van der Waals surface area contributed by atoms with Crippen LogP contribution in [-0.4, -0.2) is 58.1 Å². The zero-order valence-electron chi connectivity index (χ0n) is 19.3. The van der Waals surface area contributed by atoms with Crippen LogP contribution in [0.3, 0.4) is 0 Å². The molecule has 2 aromatic carbocycles. The molecule has 4 amide bonds. The molecule has 2 aliphatic heterocycles.